The highest BCUT2D eigenvalue weighted by Gasteiger charge is 2.41. The summed E-state index contributed by atoms with van der Waals surface area (Å²) in [6, 6.07) is 22.5. The highest BCUT2D eigenvalue weighted by molar-refractivity contribution is 5.82. The number of pyridine rings is 1. The number of fused-ring (bicyclic) bond motifs is 3. The summed E-state index contributed by atoms with van der Waals surface area (Å²) in [5, 5.41) is 3.14. The van der Waals surface area contributed by atoms with E-state index < -0.39 is 0 Å². The second kappa shape index (κ2) is 8.91. The molecule has 0 saturated carbocycles. The van der Waals surface area contributed by atoms with Crippen LogP contribution in [0.1, 0.15) is 11.3 Å². The van der Waals surface area contributed by atoms with E-state index in [2.05, 4.69) is 56.5 Å². The highest BCUT2D eigenvalue weighted by atomic mass is 16.5. The van der Waals surface area contributed by atoms with E-state index in [0.717, 1.165) is 37.5 Å². The Morgan fingerprint density at radius 2 is 1.94 bits per heavy atom. The summed E-state index contributed by atoms with van der Waals surface area (Å²) < 4.78 is 5.49. The molecule has 3 aromatic rings. The maximum Gasteiger partial charge on any atom is 0.225 e. The first-order valence-corrected chi connectivity index (χ1v) is 11.1. The van der Waals surface area contributed by atoms with Crippen molar-refractivity contribution in [1.82, 2.24) is 10.3 Å². The summed E-state index contributed by atoms with van der Waals surface area (Å²) >= 11 is 0. The van der Waals surface area contributed by atoms with Crippen molar-refractivity contribution >= 4 is 17.3 Å². The summed E-state index contributed by atoms with van der Waals surface area (Å²) in [7, 11) is 1.70. The van der Waals surface area contributed by atoms with E-state index >= 15 is 0 Å². The van der Waals surface area contributed by atoms with Gasteiger partial charge in [0.2, 0.25) is 5.91 Å². The third-order valence-corrected chi connectivity index (χ3v) is 6.55. The molecule has 3 heterocycles. The van der Waals surface area contributed by atoms with Crippen LogP contribution in [0.2, 0.25) is 0 Å². The second-order valence-corrected chi connectivity index (χ2v) is 8.39. The van der Waals surface area contributed by atoms with Crippen LogP contribution in [0.3, 0.4) is 0 Å². The number of hydrogen-bond donors (Lipinski definition) is 1. The molecule has 1 fully saturated rings. The summed E-state index contributed by atoms with van der Waals surface area (Å²) in [6.07, 6.45) is 2.48. The summed E-state index contributed by atoms with van der Waals surface area (Å²) in [6.45, 7) is 3.03. The predicted octanol–water partition coefficient (Wildman–Crippen LogP) is 3.27. The van der Waals surface area contributed by atoms with Gasteiger partial charge in [0.05, 0.1) is 31.3 Å². The van der Waals surface area contributed by atoms with E-state index in [0.29, 0.717) is 6.54 Å². The number of carbonyl (C=O) groups is 1. The molecule has 6 nitrogen and oxygen atoms in total. The molecule has 0 unspecified atom stereocenters. The number of aromatic nitrogens is 1. The van der Waals surface area contributed by atoms with Gasteiger partial charge in [-0.3, -0.25) is 9.78 Å². The molecule has 0 aliphatic carbocycles. The largest absolute Gasteiger partial charge is 0.497 e. The normalized spacial score (nSPS) is 19.7. The molecule has 164 valence electrons. The van der Waals surface area contributed by atoms with Crippen molar-refractivity contribution in [1.29, 1.82) is 0 Å². The van der Waals surface area contributed by atoms with Crippen molar-refractivity contribution in [3.05, 3.63) is 84.2 Å². The quantitative estimate of drug-likeness (QED) is 0.676. The van der Waals surface area contributed by atoms with Crippen LogP contribution in [0.4, 0.5) is 11.4 Å². The number of piperazine rings is 1. The first-order valence-electron chi connectivity index (χ1n) is 11.1. The lowest BCUT2D eigenvalue weighted by Crippen LogP contribution is -2.61. The number of nitrogens with zero attached hydrogens (tertiary/aromatic N) is 3. The van der Waals surface area contributed by atoms with Crippen LogP contribution in [0.25, 0.3) is 0 Å². The van der Waals surface area contributed by atoms with Crippen LogP contribution in [-0.4, -0.2) is 43.7 Å². The van der Waals surface area contributed by atoms with Gasteiger partial charge in [-0.25, -0.2) is 0 Å². The first kappa shape index (κ1) is 20.4. The standard InChI is InChI=1S/C26H28N4O2/c1-32-22-11-10-19-15-23(26(31)28-17-20-7-5-6-12-27-20)25-18-29(21-8-3-2-4-9-21)13-14-30(25)24(19)16-22/h2-12,16,23,25H,13-15,17-18H2,1H3,(H,28,31)/t23-,25-/m1/s1. The Labute approximate surface area is 188 Å². The smallest absolute Gasteiger partial charge is 0.225 e. The minimum absolute atomic E-state index is 0.0852. The van der Waals surface area contributed by atoms with Crippen molar-refractivity contribution in [2.75, 3.05) is 36.5 Å². The zero-order valence-corrected chi connectivity index (χ0v) is 18.3. The van der Waals surface area contributed by atoms with Gasteiger partial charge in [-0.15, -0.1) is 0 Å². The molecule has 1 amide bonds. The molecular formula is C26H28N4O2. The topological polar surface area (TPSA) is 57.7 Å². The number of para-hydroxylation sites is 1. The molecule has 0 radical (unpaired) electrons. The number of ether oxygens (including phenoxy) is 1. The molecule has 1 aromatic heterocycles. The monoisotopic (exact) mass is 428 g/mol. The van der Waals surface area contributed by atoms with Crippen molar-refractivity contribution in [3.63, 3.8) is 0 Å². The van der Waals surface area contributed by atoms with Crippen molar-refractivity contribution in [2.45, 2.75) is 19.0 Å². The Morgan fingerprint density at radius 1 is 1.09 bits per heavy atom. The van der Waals surface area contributed by atoms with E-state index in [1.165, 1.54) is 16.9 Å². The van der Waals surface area contributed by atoms with Gasteiger partial charge in [0, 0.05) is 43.3 Å². The van der Waals surface area contributed by atoms with Gasteiger partial charge in [-0.05, 0) is 42.3 Å². The highest BCUT2D eigenvalue weighted by Crippen LogP contribution is 2.38. The molecule has 0 spiro atoms. The number of hydrogen-bond acceptors (Lipinski definition) is 5. The van der Waals surface area contributed by atoms with E-state index in [-0.39, 0.29) is 17.9 Å². The molecule has 32 heavy (non-hydrogen) atoms. The number of nitrogens with one attached hydrogen (secondary N) is 1. The molecule has 5 rings (SSSR count). The van der Waals surface area contributed by atoms with Crippen LogP contribution < -0.4 is 19.9 Å². The number of amides is 1. The van der Waals surface area contributed by atoms with Crippen LogP contribution >= 0.6 is 0 Å². The minimum Gasteiger partial charge on any atom is -0.497 e. The Bertz CT molecular complexity index is 1070. The fourth-order valence-corrected chi connectivity index (χ4v) is 4.89. The zero-order valence-electron chi connectivity index (χ0n) is 18.3. The van der Waals surface area contributed by atoms with Crippen molar-refractivity contribution in [3.8, 4) is 5.75 Å². The molecule has 6 heteroatoms. The Hall–Kier alpha value is -3.54. The number of benzene rings is 2. The third kappa shape index (κ3) is 4.00. The Kier molecular flexibility index (Phi) is 5.67. The SMILES string of the molecule is COc1ccc2c(c1)N1CCN(c3ccccc3)C[C@@H]1[C@H](C(=O)NCc1ccccn1)C2. The summed E-state index contributed by atoms with van der Waals surface area (Å²) in [5.41, 5.74) is 4.47. The first-order chi connectivity index (χ1) is 15.7. The Morgan fingerprint density at radius 3 is 2.72 bits per heavy atom. The molecule has 1 N–H and O–H groups in total. The Balaban J connectivity index is 1.42. The van der Waals surface area contributed by atoms with E-state index in [1.807, 2.05) is 30.3 Å². The van der Waals surface area contributed by atoms with Crippen LogP contribution in [0.5, 0.6) is 5.75 Å². The number of methoxy groups -OCH3 is 1. The van der Waals surface area contributed by atoms with E-state index in [1.54, 1.807) is 13.3 Å². The molecule has 1 saturated heterocycles. The molecule has 2 aliphatic rings. The predicted molar refractivity (Wildman–Crippen MR) is 126 cm³/mol. The third-order valence-electron chi connectivity index (χ3n) is 6.55. The van der Waals surface area contributed by atoms with Gasteiger partial charge in [-0.1, -0.05) is 30.3 Å². The van der Waals surface area contributed by atoms with Gasteiger partial charge in [-0.2, -0.15) is 0 Å². The fourth-order valence-electron chi connectivity index (χ4n) is 4.89. The maximum absolute atomic E-state index is 13.4. The van der Waals surface area contributed by atoms with Gasteiger partial charge >= 0.3 is 0 Å². The number of anilines is 2. The molecule has 2 aliphatic heterocycles. The molecule has 2 aromatic carbocycles. The number of rotatable bonds is 5. The van der Waals surface area contributed by atoms with Crippen molar-refractivity contribution in [2.24, 2.45) is 5.92 Å². The lowest BCUT2D eigenvalue weighted by atomic mass is 9.83. The summed E-state index contributed by atoms with van der Waals surface area (Å²) in [4.78, 5) is 22.5. The van der Waals surface area contributed by atoms with Crippen LogP contribution in [-0.2, 0) is 17.8 Å². The average molecular weight is 429 g/mol. The molecular weight excluding hydrogens is 400 g/mol. The van der Waals surface area contributed by atoms with Crippen molar-refractivity contribution < 1.29 is 9.53 Å². The summed E-state index contributed by atoms with van der Waals surface area (Å²) in [5.74, 6) is 0.805. The maximum atomic E-state index is 13.4. The van der Waals surface area contributed by atoms with Crippen LogP contribution in [0, 0.1) is 5.92 Å². The van der Waals surface area contributed by atoms with Crippen LogP contribution in [0.15, 0.2) is 72.9 Å². The second-order valence-electron chi connectivity index (χ2n) is 8.39. The zero-order chi connectivity index (χ0) is 21.9. The fraction of sp³-hybridized carbons (Fsp3) is 0.308. The van der Waals surface area contributed by atoms with Gasteiger partial charge in [0.15, 0.2) is 0 Å². The average Bonchev–Trinajstić information content (AvgIpc) is 2.87. The van der Waals surface area contributed by atoms with Gasteiger partial charge in [0.1, 0.15) is 5.75 Å². The minimum atomic E-state index is -0.133. The molecule has 2 atom stereocenters. The van der Waals surface area contributed by atoms with Gasteiger partial charge in [0.25, 0.3) is 0 Å². The number of carbonyl (C=O) groups excluding carboxylic acids is 1. The van der Waals surface area contributed by atoms with E-state index in [9.17, 15) is 4.79 Å². The van der Waals surface area contributed by atoms with Gasteiger partial charge < -0.3 is 19.9 Å². The lowest BCUT2D eigenvalue weighted by Gasteiger charge is -2.49. The lowest BCUT2D eigenvalue weighted by molar-refractivity contribution is -0.126. The molecule has 0 bridgehead atoms. The van der Waals surface area contributed by atoms with E-state index in [4.69, 9.17) is 4.74 Å².